The van der Waals surface area contributed by atoms with Crippen LogP contribution in [0.25, 0.3) is 0 Å². The van der Waals surface area contributed by atoms with E-state index >= 15 is 0 Å². The lowest BCUT2D eigenvalue weighted by Crippen LogP contribution is -2.31. The van der Waals surface area contributed by atoms with Crippen molar-refractivity contribution in [2.75, 3.05) is 19.8 Å². The van der Waals surface area contributed by atoms with Crippen LogP contribution in [-0.4, -0.2) is 36.6 Å². The lowest BCUT2D eigenvalue weighted by atomic mass is 10.1. The molecule has 4 nitrogen and oxygen atoms in total. The Morgan fingerprint density at radius 2 is 2.00 bits per heavy atom. The number of rotatable bonds is 6. The highest BCUT2D eigenvalue weighted by molar-refractivity contribution is 5.92. The molecule has 0 unspecified atom stereocenters. The standard InChI is InChI=1S/C16H22N2O2/c17-16(19)14-3-1-12(2-4-14)9-18(15-5-6-15)10-13-7-8-20-11-13/h1-4,13,15H,5-11H2,(H2,17,19)/t13-/m1/s1. The van der Waals surface area contributed by atoms with Crippen molar-refractivity contribution in [2.24, 2.45) is 11.7 Å². The first-order valence-electron chi connectivity index (χ1n) is 7.43. The molecule has 2 N–H and O–H groups in total. The van der Waals surface area contributed by atoms with Gasteiger partial charge < -0.3 is 10.5 Å². The molecular weight excluding hydrogens is 252 g/mol. The molecule has 2 aliphatic rings. The zero-order valence-corrected chi connectivity index (χ0v) is 11.8. The third-order valence-electron chi connectivity index (χ3n) is 4.20. The van der Waals surface area contributed by atoms with E-state index in [9.17, 15) is 4.79 Å². The summed E-state index contributed by atoms with van der Waals surface area (Å²) in [5.41, 5.74) is 7.10. The smallest absolute Gasteiger partial charge is 0.248 e. The minimum Gasteiger partial charge on any atom is -0.381 e. The molecule has 1 amide bonds. The van der Waals surface area contributed by atoms with Gasteiger partial charge >= 0.3 is 0 Å². The second-order valence-corrected chi connectivity index (χ2v) is 5.95. The quantitative estimate of drug-likeness (QED) is 0.860. The Kier molecular flexibility index (Phi) is 4.03. The molecule has 1 aromatic rings. The van der Waals surface area contributed by atoms with Gasteiger partial charge in [-0.05, 0) is 42.9 Å². The number of nitrogens with two attached hydrogens (primary N) is 1. The van der Waals surface area contributed by atoms with Crippen molar-refractivity contribution in [3.63, 3.8) is 0 Å². The summed E-state index contributed by atoms with van der Waals surface area (Å²) < 4.78 is 5.47. The average Bonchev–Trinajstić information content (AvgIpc) is 3.17. The van der Waals surface area contributed by atoms with Crippen molar-refractivity contribution in [1.82, 2.24) is 4.90 Å². The molecule has 20 heavy (non-hydrogen) atoms. The maximum atomic E-state index is 11.1. The molecular formula is C16H22N2O2. The number of carbonyl (C=O) groups is 1. The molecule has 0 spiro atoms. The summed E-state index contributed by atoms with van der Waals surface area (Å²) in [5.74, 6) is 0.319. The summed E-state index contributed by atoms with van der Waals surface area (Å²) in [6.45, 7) is 3.91. The number of benzene rings is 1. The maximum Gasteiger partial charge on any atom is 0.248 e. The molecule has 1 aromatic carbocycles. The predicted molar refractivity (Wildman–Crippen MR) is 77.3 cm³/mol. The first kappa shape index (κ1) is 13.6. The third-order valence-corrected chi connectivity index (χ3v) is 4.20. The summed E-state index contributed by atoms with van der Waals surface area (Å²) >= 11 is 0. The Balaban J connectivity index is 1.61. The van der Waals surface area contributed by atoms with Gasteiger partial charge in [0.25, 0.3) is 0 Å². The van der Waals surface area contributed by atoms with Gasteiger partial charge in [0.2, 0.25) is 5.91 Å². The van der Waals surface area contributed by atoms with Crippen molar-refractivity contribution in [1.29, 1.82) is 0 Å². The van der Waals surface area contributed by atoms with Gasteiger partial charge in [-0.1, -0.05) is 12.1 Å². The van der Waals surface area contributed by atoms with E-state index in [0.717, 1.165) is 32.3 Å². The molecule has 3 rings (SSSR count). The number of primary amides is 1. The molecule has 1 saturated carbocycles. The number of nitrogens with zero attached hydrogens (tertiary/aromatic N) is 1. The van der Waals surface area contributed by atoms with Gasteiger partial charge in [-0.25, -0.2) is 0 Å². The summed E-state index contributed by atoms with van der Waals surface area (Å²) in [7, 11) is 0. The van der Waals surface area contributed by atoms with E-state index in [1.807, 2.05) is 24.3 Å². The summed E-state index contributed by atoms with van der Waals surface area (Å²) in [6, 6.07) is 8.41. The van der Waals surface area contributed by atoms with Crippen molar-refractivity contribution < 1.29 is 9.53 Å². The lowest BCUT2D eigenvalue weighted by molar-refractivity contribution is 0.1000. The number of carbonyl (C=O) groups excluding carboxylic acids is 1. The first-order chi connectivity index (χ1) is 9.72. The molecule has 1 heterocycles. The average molecular weight is 274 g/mol. The van der Waals surface area contributed by atoms with Gasteiger partial charge in [-0.3, -0.25) is 9.69 Å². The van der Waals surface area contributed by atoms with Gasteiger partial charge in [0, 0.05) is 31.3 Å². The van der Waals surface area contributed by atoms with Crippen molar-refractivity contribution >= 4 is 5.91 Å². The normalized spacial score (nSPS) is 22.4. The molecule has 1 aliphatic carbocycles. The number of hydrogen-bond donors (Lipinski definition) is 1. The van der Waals surface area contributed by atoms with Crippen LogP contribution in [-0.2, 0) is 11.3 Å². The van der Waals surface area contributed by atoms with Crippen LogP contribution in [0.15, 0.2) is 24.3 Å². The van der Waals surface area contributed by atoms with E-state index in [1.165, 1.54) is 24.8 Å². The fourth-order valence-corrected chi connectivity index (χ4v) is 2.85. The fraction of sp³-hybridized carbons (Fsp3) is 0.562. The molecule has 1 aliphatic heterocycles. The van der Waals surface area contributed by atoms with Gasteiger partial charge in [0.15, 0.2) is 0 Å². The molecule has 4 heteroatoms. The number of hydrogen-bond acceptors (Lipinski definition) is 3. The topological polar surface area (TPSA) is 55.6 Å². The highest BCUT2D eigenvalue weighted by Crippen LogP contribution is 2.30. The van der Waals surface area contributed by atoms with E-state index in [1.54, 1.807) is 0 Å². The Bertz CT molecular complexity index is 462. The van der Waals surface area contributed by atoms with Crippen LogP contribution >= 0.6 is 0 Å². The van der Waals surface area contributed by atoms with Crippen LogP contribution in [0.1, 0.15) is 35.2 Å². The van der Waals surface area contributed by atoms with Crippen LogP contribution in [0.3, 0.4) is 0 Å². The van der Waals surface area contributed by atoms with E-state index in [0.29, 0.717) is 11.5 Å². The monoisotopic (exact) mass is 274 g/mol. The zero-order chi connectivity index (χ0) is 13.9. The van der Waals surface area contributed by atoms with Crippen LogP contribution < -0.4 is 5.73 Å². The van der Waals surface area contributed by atoms with E-state index in [-0.39, 0.29) is 5.91 Å². The molecule has 108 valence electrons. The molecule has 0 aromatic heterocycles. The Hall–Kier alpha value is -1.39. The van der Waals surface area contributed by atoms with E-state index < -0.39 is 0 Å². The Labute approximate surface area is 119 Å². The van der Waals surface area contributed by atoms with Crippen LogP contribution in [0, 0.1) is 5.92 Å². The zero-order valence-electron chi connectivity index (χ0n) is 11.8. The summed E-state index contributed by atoms with van der Waals surface area (Å²) in [5, 5.41) is 0. The van der Waals surface area contributed by atoms with E-state index in [2.05, 4.69) is 4.90 Å². The van der Waals surface area contributed by atoms with Crippen molar-refractivity contribution in [2.45, 2.75) is 31.8 Å². The minimum atomic E-state index is -0.362. The SMILES string of the molecule is NC(=O)c1ccc(CN(C[C@H]2CCOC2)C2CC2)cc1. The van der Waals surface area contributed by atoms with Crippen molar-refractivity contribution in [3.8, 4) is 0 Å². The first-order valence-corrected chi connectivity index (χ1v) is 7.43. The third kappa shape index (κ3) is 3.38. The number of amides is 1. The molecule has 1 atom stereocenters. The number of ether oxygens (including phenoxy) is 1. The highest BCUT2D eigenvalue weighted by Gasteiger charge is 2.31. The lowest BCUT2D eigenvalue weighted by Gasteiger charge is -2.25. The predicted octanol–water partition coefficient (Wildman–Crippen LogP) is 1.79. The molecule has 0 radical (unpaired) electrons. The van der Waals surface area contributed by atoms with Crippen LogP contribution in [0.2, 0.25) is 0 Å². The molecule has 1 saturated heterocycles. The van der Waals surface area contributed by atoms with Gasteiger partial charge in [0.05, 0.1) is 6.61 Å². The second kappa shape index (κ2) is 5.94. The Morgan fingerprint density at radius 3 is 2.55 bits per heavy atom. The van der Waals surface area contributed by atoms with Crippen LogP contribution in [0.5, 0.6) is 0 Å². The fourth-order valence-electron chi connectivity index (χ4n) is 2.85. The molecule has 2 fully saturated rings. The van der Waals surface area contributed by atoms with Gasteiger partial charge in [-0.2, -0.15) is 0 Å². The van der Waals surface area contributed by atoms with E-state index in [4.69, 9.17) is 10.5 Å². The van der Waals surface area contributed by atoms with Crippen LogP contribution in [0.4, 0.5) is 0 Å². The van der Waals surface area contributed by atoms with Crippen molar-refractivity contribution in [3.05, 3.63) is 35.4 Å². The summed E-state index contributed by atoms with van der Waals surface area (Å²) in [6.07, 6.45) is 3.81. The minimum absolute atomic E-state index is 0.362. The largest absolute Gasteiger partial charge is 0.381 e. The van der Waals surface area contributed by atoms with Gasteiger partial charge in [-0.15, -0.1) is 0 Å². The maximum absolute atomic E-state index is 11.1. The molecule has 0 bridgehead atoms. The highest BCUT2D eigenvalue weighted by atomic mass is 16.5. The summed E-state index contributed by atoms with van der Waals surface area (Å²) in [4.78, 5) is 13.6. The Morgan fingerprint density at radius 1 is 1.25 bits per heavy atom. The van der Waals surface area contributed by atoms with Gasteiger partial charge in [0.1, 0.15) is 0 Å². The second-order valence-electron chi connectivity index (χ2n) is 5.95.